The third kappa shape index (κ3) is 3.26. The molecule has 0 spiro atoms. The average molecular weight is 213 g/mol. The van der Waals surface area contributed by atoms with E-state index in [0.717, 1.165) is 5.03 Å². The largest absolute Gasteiger partial charge is 0.250 e. The molecule has 0 aliphatic rings. The van der Waals surface area contributed by atoms with E-state index in [1.165, 1.54) is 5.56 Å². The molecular formula is C13H11NS. The van der Waals surface area contributed by atoms with Crippen molar-refractivity contribution in [1.29, 1.82) is 0 Å². The van der Waals surface area contributed by atoms with Gasteiger partial charge in [0.25, 0.3) is 0 Å². The second-order valence-corrected chi connectivity index (χ2v) is 3.93. The second-order valence-electron chi connectivity index (χ2n) is 3.00. The van der Waals surface area contributed by atoms with Crippen molar-refractivity contribution in [2.24, 2.45) is 0 Å². The average Bonchev–Trinajstić information content (AvgIpc) is 2.32. The van der Waals surface area contributed by atoms with E-state index in [1.54, 1.807) is 18.0 Å². The van der Waals surface area contributed by atoms with Crippen LogP contribution in [0.5, 0.6) is 0 Å². The minimum absolute atomic E-state index is 1.02. The smallest absolute Gasteiger partial charge is 0.100 e. The van der Waals surface area contributed by atoms with Crippen molar-refractivity contribution in [3.63, 3.8) is 0 Å². The number of thioether (sulfide) groups is 1. The van der Waals surface area contributed by atoms with Gasteiger partial charge in [-0.15, -0.1) is 0 Å². The highest BCUT2D eigenvalue weighted by Crippen LogP contribution is 2.16. The van der Waals surface area contributed by atoms with Crippen molar-refractivity contribution in [3.8, 4) is 0 Å². The van der Waals surface area contributed by atoms with Gasteiger partial charge >= 0.3 is 0 Å². The van der Waals surface area contributed by atoms with Gasteiger partial charge in [0.2, 0.25) is 0 Å². The van der Waals surface area contributed by atoms with Gasteiger partial charge in [0.1, 0.15) is 5.03 Å². The summed E-state index contributed by atoms with van der Waals surface area (Å²) < 4.78 is 0. The van der Waals surface area contributed by atoms with Crippen molar-refractivity contribution in [2.45, 2.75) is 5.03 Å². The minimum atomic E-state index is 1.02. The molecule has 74 valence electrons. The standard InChI is InChI=1S/C13H11NS/c1-2-6-12(7-3-1)9-11-15-13-8-4-5-10-14-13/h1-11H/b11-9+. The molecule has 2 heteroatoms. The van der Waals surface area contributed by atoms with Gasteiger partial charge in [-0.25, -0.2) is 4.98 Å². The molecule has 1 aromatic carbocycles. The van der Waals surface area contributed by atoms with Crippen molar-refractivity contribution < 1.29 is 0 Å². The Morgan fingerprint density at radius 1 is 0.933 bits per heavy atom. The number of pyridine rings is 1. The highest BCUT2D eigenvalue weighted by Gasteiger charge is 1.88. The molecular weight excluding hydrogens is 202 g/mol. The lowest BCUT2D eigenvalue weighted by Gasteiger charge is -1.93. The first-order valence-corrected chi connectivity index (χ1v) is 5.62. The summed E-state index contributed by atoms with van der Waals surface area (Å²) in [6.07, 6.45) is 3.89. The maximum atomic E-state index is 4.22. The zero-order valence-corrected chi connectivity index (χ0v) is 9.02. The van der Waals surface area contributed by atoms with Crippen LogP contribution in [0, 0.1) is 0 Å². The van der Waals surface area contributed by atoms with E-state index >= 15 is 0 Å². The van der Waals surface area contributed by atoms with Crippen LogP contribution in [-0.2, 0) is 0 Å². The SMILES string of the molecule is C(=C\c1ccccc1)/Sc1ccccn1. The number of hydrogen-bond acceptors (Lipinski definition) is 2. The lowest BCUT2D eigenvalue weighted by Crippen LogP contribution is -1.73. The van der Waals surface area contributed by atoms with E-state index in [9.17, 15) is 0 Å². The first kappa shape index (κ1) is 9.99. The fourth-order valence-electron chi connectivity index (χ4n) is 1.16. The predicted molar refractivity (Wildman–Crippen MR) is 65.6 cm³/mol. The first-order valence-electron chi connectivity index (χ1n) is 4.74. The van der Waals surface area contributed by atoms with Crippen molar-refractivity contribution in [3.05, 3.63) is 65.7 Å². The number of rotatable bonds is 3. The number of benzene rings is 1. The van der Waals surface area contributed by atoms with Gasteiger partial charge < -0.3 is 0 Å². The summed E-state index contributed by atoms with van der Waals surface area (Å²) in [7, 11) is 0. The Bertz CT molecular complexity index is 423. The highest BCUT2D eigenvalue weighted by molar-refractivity contribution is 8.02. The minimum Gasteiger partial charge on any atom is -0.250 e. The van der Waals surface area contributed by atoms with Crippen LogP contribution in [0.4, 0.5) is 0 Å². The molecule has 0 saturated heterocycles. The van der Waals surface area contributed by atoms with Crippen molar-refractivity contribution in [1.82, 2.24) is 4.98 Å². The lowest BCUT2D eigenvalue weighted by molar-refractivity contribution is 1.14. The summed E-state index contributed by atoms with van der Waals surface area (Å²) in [5.41, 5.74) is 1.21. The van der Waals surface area contributed by atoms with Gasteiger partial charge in [0.15, 0.2) is 0 Å². The van der Waals surface area contributed by atoms with E-state index in [4.69, 9.17) is 0 Å². The van der Waals surface area contributed by atoms with E-state index < -0.39 is 0 Å². The quantitative estimate of drug-likeness (QED) is 0.718. The molecule has 0 atom stereocenters. The summed E-state index contributed by atoms with van der Waals surface area (Å²) in [5.74, 6) is 0. The molecule has 1 aromatic heterocycles. The zero-order chi connectivity index (χ0) is 10.3. The van der Waals surface area contributed by atoms with Crippen LogP contribution in [-0.4, -0.2) is 4.98 Å². The molecule has 0 aliphatic carbocycles. The third-order valence-electron chi connectivity index (χ3n) is 1.89. The Kier molecular flexibility index (Phi) is 3.58. The van der Waals surface area contributed by atoms with Crippen LogP contribution >= 0.6 is 11.8 Å². The monoisotopic (exact) mass is 213 g/mol. The summed E-state index contributed by atoms with van der Waals surface area (Å²) in [6.45, 7) is 0. The van der Waals surface area contributed by atoms with E-state index in [2.05, 4.69) is 28.6 Å². The van der Waals surface area contributed by atoms with Gasteiger partial charge in [-0.05, 0) is 29.2 Å². The van der Waals surface area contributed by atoms with Crippen molar-refractivity contribution in [2.75, 3.05) is 0 Å². The fourth-order valence-corrected chi connectivity index (χ4v) is 1.81. The second kappa shape index (κ2) is 5.37. The Morgan fingerprint density at radius 3 is 2.47 bits per heavy atom. The fraction of sp³-hybridized carbons (Fsp3) is 0. The predicted octanol–water partition coefficient (Wildman–Crippen LogP) is 3.84. The molecule has 1 heterocycles. The van der Waals surface area contributed by atoms with Gasteiger partial charge in [0.05, 0.1) is 0 Å². The van der Waals surface area contributed by atoms with Crippen molar-refractivity contribution >= 4 is 17.8 Å². The molecule has 0 unspecified atom stereocenters. The normalized spacial score (nSPS) is 10.7. The van der Waals surface area contributed by atoms with Gasteiger partial charge in [0, 0.05) is 6.20 Å². The molecule has 0 amide bonds. The van der Waals surface area contributed by atoms with Crippen LogP contribution in [0.3, 0.4) is 0 Å². The van der Waals surface area contributed by atoms with E-state index in [0.29, 0.717) is 0 Å². The molecule has 15 heavy (non-hydrogen) atoms. The maximum absolute atomic E-state index is 4.22. The van der Waals surface area contributed by atoms with Crippen LogP contribution in [0.1, 0.15) is 5.56 Å². The number of nitrogens with zero attached hydrogens (tertiary/aromatic N) is 1. The van der Waals surface area contributed by atoms with Gasteiger partial charge in [-0.3, -0.25) is 0 Å². The maximum Gasteiger partial charge on any atom is 0.100 e. The Balaban J connectivity index is 1.97. The molecule has 0 saturated carbocycles. The molecule has 0 N–H and O–H groups in total. The third-order valence-corrected chi connectivity index (χ3v) is 2.64. The van der Waals surface area contributed by atoms with E-state index in [-0.39, 0.29) is 0 Å². The topological polar surface area (TPSA) is 12.9 Å². The number of hydrogen-bond donors (Lipinski definition) is 0. The molecule has 2 rings (SSSR count). The highest BCUT2D eigenvalue weighted by atomic mass is 32.2. The summed E-state index contributed by atoms with van der Waals surface area (Å²) >= 11 is 1.62. The first-order chi connectivity index (χ1) is 7.45. The van der Waals surface area contributed by atoms with E-state index in [1.807, 2.05) is 36.4 Å². The molecule has 0 radical (unpaired) electrons. The Morgan fingerprint density at radius 2 is 1.73 bits per heavy atom. The molecule has 1 nitrogen and oxygen atoms in total. The molecule has 0 bridgehead atoms. The summed E-state index contributed by atoms with van der Waals surface area (Å²) in [5, 5.41) is 3.07. The van der Waals surface area contributed by atoms with Gasteiger partial charge in [-0.2, -0.15) is 0 Å². The molecule has 0 fully saturated rings. The van der Waals surface area contributed by atoms with Crippen LogP contribution in [0.15, 0.2) is 65.2 Å². The summed E-state index contributed by atoms with van der Waals surface area (Å²) in [4.78, 5) is 4.22. The zero-order valence-electron chi connectivity index (χ0n) is 8.21. The lowest BCUT2D eigenvalue weighted by atomic mass is 10.2. The molecule has 2 aromatic rings. The van der Waals surface area contributed by atoms with Gasteiger partial charge in [-0.1, -0.05) is 48.2 Å². The Hall–Kier alpha value is -1.54. The van der Waals surface area contributed by atoms with Crippen LogP contribution in [0.2, 0.25) is 0 Å². The van der Waals surface area contributed by atoms with Crippen LogP contribution in [0.25, 0.3) is 6.08 Å². The summed E-state index contributed by atoms with van der Waals surface area (Å²) in [6, 6.07) is 16.2. The Labute approximate surface area is 93.9 Å². The number of aromatic nitrogens is 1. The molecule has 0 aliphatic heterocycles. The van der Waals surface area contributed by atoms with Crippen LogP contribution < -0.4 is 0 Å².